The van der Waals surface area contributed by atoms with Gasteiger partial charge >= 0.3 is 0 Å². The third-order valence-electron chi connectivity index (χ3n) is 5.19. The molecule has 0 amide bonds. The maximum Gasteiger partial charge on any atom is 0.253 e. The van der Waals surface area contributed by atoms with Crippen molar-refractivity contribution in [3.63, 3.8) is 0 Å². The van der Waals surface area contributed by atoms with Gasteiger partial charge in [0.25, 0.3) is 5.95 Å². The summed E-state index contributed by atoms with van der Waals surface area (Å²) in [6, 6.07) is 5.94. The fraction of sp³-hybridized carbons (Fsp3) is 0.474. The van der Waals surface area contributed by atoms with E-state index in [4.69, 9.17) is 24.5 Å². The summed E-state index contributed by atoms with van der Waals surface area (Å²) in [5, 5.41) is 4.77. The molecular formula is C19H22N6O2. The summed E-state index contributed by atoms with van der Waals surface area (Å²) >= 11 is 0. The van der Waals surface area contributed by atoms with Crippen molar-refractivity contribution in [2.75, 3.05) is 44.4 Å². The predicted molar refractivity (Wildman–Crippen MR) is 100 cm³/mol. The van der Waals surface area contributed by atoms with Gasteiger partial charge in [0.2, 0.25) is 0 Å². The second kappa shape index (κ2) is 7.21. The Kier molecular flexibility index (Phi) is 4.43. The Morgan fingerprint density at radius 2 is 1.78 bits per heavy atom. The van der Waals surface area contributed by atoms with E-state index in [9.17, 15) is 0 Å². The first-order chi connectivity index (χ1) is 13.4. The van der Waals surface area contributed by atoms with Crippen molar-refractivity contribution in [3.8, 4) is 5.95 Å². The molecule has 8 heteroatoms. The van der Waals surface area contributed by atoms with Crippen molar-refractivity contribution in [3.05, 3.63) is 36.3 Å². The summed E-state index contributed by atoms with van der Waals surface area (Å²) in [7, 11) is 0. The first-order valence-electron chi connectivity index (χ1n) is 9.47. The average Bonchev–Trinajstić information content (AvgIpc) is 3.25. The number of rotatable bonds is 3. The number of hydrogen-bond acceptors (Lipinski definition) is 7. The number of pyridine rings is 1. The van der Waals surface area contributed by atoms with Crippen molar-refractivity contribution >= 4 is 16.9 Å². The SMILES string of the molecule is c1cnc2c(N3CCOCC3)nc(-n3ccc(C4CCOCC4)n3)nc2c1. The van der Waals surface area contributed by atoms with Crippen molar-refractivity contribution in [2.24, 2.45) is 0 Å². The van der Waals surface area contributed by atoms with E-state index in [2.05, 4.69) is 16.0 Å². The molecule has 5 heterocycles. The Bertz CT molecular complexity index is 931. The zero-order valence-corrected chi connectivity index (χ0v) is 15.1. The van der Waals surface area contributed by atoms with Crippen LogP contribution in [-0.2, 0) is 9.47 Å². The number of nitrogens with zero attached hydrogens (tertiary/aromatic N) is 6. The van der Waals surface area contributed by atoms with Crippen LogP contribution >= 0.6 is 0 Å². The maximum atomic E-state index is 5.49. The topological polar surface area (TPSA) is 78.2 Å². The van der Waals surface area contributed by atoms with E-state index in [0.29, 0.717) is 25.1 Å². The third-order valence-corrected chi connectivity index (χ3v) is 5.19. The molecule has 0 saturated carbocycles. The Hall–Kier alpha value is -2.58. The number of hydrogen-bond donors (Lipinski definition) is 0. The number of anilines is 1. The summed E-state index contributed by atoms with van der Waals surface area (Å²) in [4.78, 5) is 16.3. The fourth-order valence-electron chi connectivity index (χ4n) is 3.70. The highest BCUT2D eigenvalue weighted by atomic mass is 16.5. The van der Waals surface area contributed by atoms with Gasteiger partial charge in [-0.05, 0) is 31.0 Å². The molecule has 2 aliphatic heterocycles. The van der Waals surface area contributed by atoms with E-state index in [1.54, 1.807) is 10.9 Å². The average molecular weight is 366 g/mol. The van der Waals surface area contributed by atoms with Gasteiger partial charge in [-0.25, -0.2) is 9.67 Å². The van der Waals surface area contributed by atoms with Crippen LogP contribution in [0.4, 0.5) is 5.82 Å². The molecule has 8 nitrogen and oxygen atoms in total. The minimum absolute atomic E-state index is 0.445. The maximum absolute atomic E-state index is 5.49. The van der Waals surface area contributed by atoms with E-state index in [-0.39, 0.29) is 0 Å². The highest BCUT2D eigenvalue weighted by Gasteiger charge is 2.21. The second-order valence-electron chi connectivity index (χ2n) is 6.89. The van der Waals surface area contributed by atoms with Gasteiger partial charge in [0.05, 0.1) is 24.4 Å². The van der Waals surface area contributed by atoms with Crippen LogP contribution in [-0.4, -0.2) is 64.2 Å². The Morgan fingerprint density at radius 3 is 2.63 bits per heavy atom. The second-order valence-corrected chi connectivity index (χ2v) is 6.89. The summed E-state index contributed by atoms with van der Waals surface area (Å²) < 4.78 is 12.7. The van der Waals surface area contributed by atoms with Crippen LogP contribution < -0.4 is 4.90 Å². The first-order valence-corrected chi connectivity index (χ1v) is 9.47. The highest BCUT2D eigenvalue weighted by molar-refractivity contribution is 5.86. The number of ether oxygens (including phenoxy) is 2. The highest BCUT2D eigenvalue weighted by Crippen LogP contribution is 2.27. The van der Waals surface area contributed by atoms with Crippen LogP contribution in [0.3, 0.4) is 0 Å². The lowest BCUT2D eigenvalue weighted by atomic mass is 9.97. The molecule has 0 aromatic carbocycles. The summed E-state index contributed by atoms with van der Waals surface area (Å²) in [5.74, 6) is 1.87. The number of aromatic nitrogens is 5. The molecule has 0 bridgehead atoms. The molecular weight excluding hydrogens is 344 g/mol. The molecule has 0 atom stereocenters. The number of fused-ring (bicyclic) bond motifs is 1. The van der Waals surface area contributed by atoms with Gasteiger partial charge in [0.15, 0.2) is 5.82 Å². The van der Waals surface area contributed by atoms with Crippen LogP contribution in [0.15, 0.2) is 30.6 Å². The zero-order valence-electron chi connectivity index (χ0n) is 15.1. The minimum Gasteiger partial charge on any atom is -0.381 e. The van der Waals surface area contributed by atoms with E-state index < -0.39 is 0 Å². The quantitative estimate of drug-likeness (QED) is 0.701. The summed E-state index contributed by atoms with van der Waals surface area (Å²) in [5.41, 5.74) is 2.73. The van der Waals surface area contributed by atoms with Gasteiger partial charge in [-0.3, -0.25) is 4.98 Å². The molecule has 0 radical (unpaired) electrons. The molecule has 3 aromatic rings. The molecule has 0 N–H and O–H groups in total. The Morgan fingerprint density at radius 1 is 0.963 bits per heavy atom. The molecule has 2 fully saturated rings. The van der Waals surface area contributed by atoms with Crippen molar-refractivity contribution in [2.45, 2.75) is 18.8 Å². The van der Waals surface area contributed by atoms with E-state index in [1.165, 1.54) is 0 Å². The zero-order chi connectivity index (χ0) is 18.1. The largest absolute Gasteiger partial charge is 0.381 e. The lowest BCUT2D eigenvalue weighted by Crippen LogP contribution is -2.37. The molecule has 0 spiro atoms. The van der Waals surface area contributed by atoms with Gasteiger partial charge in [-0.2, -0.15) is 10.1 Å². The molecule has 0 aliphatic carbocycles. The van der Waals surface area contributed by atoms with Gasteiger partial charge in [-0.15, -0.1) is 0 Å². The molecule has 0 unspecified atom stereocenters. The molecule has 140 valence electrons. The molecule has 2 aliphatic rings. The fourth-order valence-corrected chi connectivity index (χ4v) is 3.70. The lowest BCUT2D eigenvalue weighted by Gasteiger charge is -2.28. The van der Waals surface area contributed by atoms with Crippen molar-refractivity contribution in [1.29, 1.82) is 0 Å². The Labute approximate surface area is 157 Å². The van der Waals surface area contributed by atoms with Crippen LogP contribution in [0, 0.1) is 0 Å². The molecule has 2 saturated heterocycles. The standard InChI is InChI=1S/C19H22N6O2/c1-2-16-17(20-6-1)18(24-8-12-27-13-9-24)22-19(21-16)25-7-3-15(23-25)14-4-10-26-11-5-14/h1-3,6-7,14H,4-5,8-13H2. The van der Waals surface area contributed by atoms with Gasteiger partial charge in [0, 0.05) is 44.6 Å². The van der Waals surface area contributed by atoms with Crippen LogP contribution in [0.1, 0.15) is 24.5 Å². The van der Waals surface area contributed by atoms with Crippen LogP contribution in [0.5, 0.6) is 0 Å². The lowest BCUT2D eigenvalue weighted by molar-refractivity contribution is 0.0844. The van der Waals surface area contributed by atoms with Crippen LogP contribution in [0.2, 0.25) is 0 Å². The van der Waals surface area contributed by atoms with Gasteiger partial charge in [-0.1, -0.05) is 0 Å². The minimum atomic E-state index is 0.445. The van der Waals surface area contributed by atoms with E-state index >= 15 is 0 Å². The van der Waals surface area contributed by atoms with Crippen molar-refractivity contribution in [1.82, 2.24) is 24.7 Å². The van der Waals surface area contributed by atoms with E-state index in [1.807, 2.05) is 18.3 Å². The van der Waals surface area contributed by atoms with Gasteiger partial charge < -0.3 is 14.4 Å². The molecule has 27 heavy (non-hydrogen) atoms. The predicted octanol–water partition coefficient (Wildman–Crippen LogP) is 1.94. The molecule has 5 rings (SSSR count). The molecule has 3 aromatic heterocycles. The van der Waals surface area contributed by atoms with Gasteiger partial charge in [0.1, 0.15) is 5.52 Å². The smallest absolute Gasteiger partial charge is 0.253 e. The van der Waals surface area contributed by atoms with Crippen LogP contribution in [0.25, 0.3) is 17.0 Å². The summed E-state index contributed by atoms with van der Waals surface area (Å²) in [6.45, 7) is 4.60. The normalized spacial score (nSPS) is 18.9. The first kappa shape index (κ1) is 16.6. The monoisotopic (exact) mass is 366 g/mol. The van der Waals surface area contributed by atoms with Crippen molar-refractivity contribution < 1.29 is 9.47 Å². The summed E-state index contributed by atoms with van der Waals surface area (Å²) in [6.07, 6.45) is 5.76. The Balaban J connectivity index is 1.54. The third kappa shape index (κ3) is 3.26. The van der Waals surface area contributed by atoms with E-state index in [0.717, 1.165) is 61.7 Å². The number of morpholine rings is 1.